The average molecular weight is 404 g/mol. The van der Waals surface area contributed by atoms with Gasteiger partial charge in [0.15, 0.2) is 0 Å². The fraction of sp³-hybridized carbons (Fsp3) is 0.130. The van der Waals surface area contributed by atoms with Crippen molar-refractivity contribution in [3.63, 3.8) is 0 Å². The molecular weight excluding hydrogens is 382 g/mol. The zero-order valence-corrected chi connectivity index (χ0v) is 16.6. The van der Waals surface area contributed by atoms with Crippen molar-refractivity contribution < 1.29 is 9.90 Å². The minimum atomic E-state index is -0.124. The van der Waals surface area contributed by atoms with Gasteiger partial charge in [-0.3, -0.25) is 4.79 Å². The number of phenols is 1. The Kier molecular flexibility index (Phi) is 5.72. The molecule has 4 aromatic rings. The van der Waals surface area contributed by atoms with Crippen molar-refractivity contribution in [2.75, 3.05) is 18.4 Å². The van der Waals surface area contributed by atoms with Crippen LogP contribution in [0.3, 0.4) is 0 Å². The monoisotopic (exact) mass is 403 g/mol. The second kappa shape index (κ2) is 8.75. The van der Waals surface area contributed by atoms with Crippen LogP contribution in [0.4, 0.5) is 5.82 Å². The van der Waals surface area contributed by atoms with Crippen LogP contribution in [0.25, 0.3) is 21.2 Å². The number of aromatic nitrogens is 1. The van der Waals surface area contributed by atoms with Crippen molar-refractivity contribution in [1.82, 2.24) is 9.69 Å². The van der Waals surface area contributed by atoms with Gasteiger partial charge in [-0.15, -0.1) is 0 Å². The van der Waals surface area contributed by atoms with E-state index in [-0.39, 0.29) is 11.7 Å². The summed E-state index contributed by atoms with van der Waals surface area (Å²) in [4.78, 5) is 12.5. The Morgan fingerprint density at radius 2 is 1.79 bits per heavy atom. The predicted octanol–water partition coefficient (Wildman–Crippen LogP) is 4.90. The lowest BCUT2D eigenvalue weighted by atomic mass is 10.0. The van der Waals surface area contributed by atoms with Crippen LogP contribution in [0.5, 0.6) is 5.75 Å². The van der Waals surface area contributed by atoms with E-state index < -0.39 is 0 Å². The fourth-order valence-corrected chi connectivity index (χ4v) is 3.91. The zero-order chi connectivity index (χ0) is 20.1. The summed E-state index contributed by atoms with van der Waals surface area (Å²) in [5, 5.41) is 17.4. The standard InChI is InChI=1S/C23H21N3O2S/c27-20-11-3-1-9-18(20)16-7-5-8-17(15-16)23(28)25-14-6-13-24-22-19-10-2-4-12-21(19)29-26-22/h1-5,7-12,15,27H,6,13-14H2,(H,24,26)(H,25,28). The molecule has 0 aliphatic rings. The quantitative estimate of drug-likeness (QED) is 0.384. The van der Waals surface area contributed by atoms with E-state index in [1.165, 1.54) is 11.5 Å². The number of carbonyl (C=O) groups excluding carboxylic acids is 1. The number of carbonyl (C=O) groups is 1. The first-order valence-electron chi connectivity index (χ1n) is 9.47. The number of hydrogen-bond donors (Lipinski definition) is 3. The number of anilines is 1. The van der Waals surface area contributed by atoms with Crippen molar-refractivity contribution in [1.29, 1.82) is 0 Å². The number of aromatic hydroxyl groups is 1. The van der Waals surface area contributed by atoms with Crippen LogP contribution in [0.2, 0.25) is 0 Å². The van der Waals surface area contributed by atoms with Crippen LogP contribution in [-0.4, -0.2) is 28.5 Å². The topological polar surface area (TPSA) is 74.2 Å². The van der Waals surface area contributed by atoms with E-state index in [1.807, 2.05) is 36.4 Å². The minimum absolute atomic E-state index is 0.124. The number of nitrogens with zero attached hydrogens (tertiary/aromatic N) is 1. The van der Waals surface area contributed by atoms with Gasteiger partial charge in [-0.05, 0) is 53.8 Å². The molecule has 4 rings (SSSR count). The summed E-state index contributed by atoms with van der Waals surface area (Å²) >= 11 is 1.48. The van der Waals surface area contributed by atoms with Crippen molar-refractivity contribution in [3.05, 3.63) is 78.4 Å². The molecule has 1 aromatic heterocycles. The lowest BCUT2D eigenvalue weighted by Crippen LogP contribution is -2.25. The molecule has 3 N–H and O–H groups in total. The Hall–Kier alpha value is -3.38. The maximum Gasteiger partial charge on any atom is 0.251 e. The molecule has 29 heavy (non-hydrogen) atoms. The van der Waals surface area contributed by atoms with Gasteiger partial charge in [0, 0.05) is 29.6 Å². The molecule has 0 radical (unpaired) electrons. The number of para-hydroxylation sites is 1. The largest absolute Gasteiger partial charge is 0.507 e. The van der Waals surface area contributed by atoms with E-state index in [4.69, 9.17) is 0 Å². The van der Waals surface area contributed by atoms with E-state index in [1.54, 1.807) is 24.3 Å². The highest BCUT2D eigenvalue weighted by atomic mass is 32.1. The van der Waals surface area contributed by atoms with E-state index in [0.717, 1.165) is 34.4 Å². The lowest BCUT2D eigenvalue weighted by molar-refractivity contribution is 0.0953. The molecular formula is C23H21N3O2S. The first kappa shape index (κ1) is 19.0. The Balaban J connectivity index is 1.30. The highest BCUT2D eigenvalue weighted by molar-refractivity contribution is 7.13. The Morgan fingerprint density at radius 3 is 2.69 bits per heavy atom. The van der Waals surface area contributed by atoms with E-state index in [9.17, 15) is 9.90 Å². The number of benzene rings is 3. The van der Waals surface area contributed by atoms with Crippen molar-refractivity contribution in [3.8, 4) is 16.9 Å². The molecule has 0 unspecified atom stereocenters. The molecule has 146 valence electrons. The van der Waals surface area contributed by atoms with Crippen molar-refractivity contribution in [2.45, 2.75) is 6.42 Å². The van der Waals surface area contributed by atoms with Crippen LogP contribution < -0.4 is 10.6 Å². The number of hydrogen-bond acceptors (Lipinski definition) is 5. The third kappa shape index (κ3) is 4.38. The van der Waals surface area contributed by atoms with E-state index in [0.29, 0.717) is 17.7 Å². The maximum atomic E-state index is 12.5. The van der Waals surface area contributed by atoms with Crippen LogP contribution >= 0.6 is 11.5 Å². The van der Waals surface area contributed by atoms with Gasteiger partial charge in [0.2, 0.25) is 0 Å². The number of rotatable bonds is 7. The molecule has 0 atom stereocenters. The Morgan fingerprint density at radius 1 is 0.966 bits per heavy atom. The third-order valence-electron chi connectivity index (χ3n) is 4.65. The lowest BCUT2D eigenvalue weighted by Gasteiger charge is -2.09. The maximum absolute atomic E-state index is 12.5. The van der Waals surface area contributed by atoms with Gasteiger partial charge in [0.25, 0.3) is 5.91 Å². The van der Waals surface area contributed by atoms with Gasteiger partial charge in [-0.25, -0.2) is 0 Å². The summed E-state index contributed by atoms with van der Waals surface area (Å²) in [5.41, 5.74) is 2.10. The summed E-state index contributed by atoms with van der Waals surface area (Å²) in [6.45, 7) is 1.29. The van der Waals surface area contributed by atoms with Crippen LogP contribution in [0.1, 0.15) is 16.8 Å². The molecule has 0 saturated heterocycles. The normalized spacial score (nSPS) is 10.8. The molecule has 5 nitrogen and oxygen atoms in total. The van der Waals surface area contributed by atoms with Gasteiger partial charge >= 0.3 is 0 Å². The van der Waals surface area contributed by atoms with Gasteiger partial charge in [-0.2, -0.15) is 4.37 Å². The summed E-state index contributed by atoms with van der Waals surface area (Å²) < 4.78 is 5.60. The number of fused-ring (bicyclic) bond motifs is 1. The van der Waals surface area contributed by atoms with Gasteiger partial charge in [0.1, 0.15) is 11.6 Å². The smallest absolute Gasteiger partial charge is 0.251 e. The van der Waals surface area contributed by atoms with Gasteiger partial charge in [0.05, 0.1) is 4.70 Å². The van der Waals surface area contributed by atoms with Crippen LogP contribution in [0.15, 0.2) is 72.8 Å². The SMILES string of the molecule is O=C(NCCCNc1nsc2ccccc12)c1cccc(-c2ccccc2O)c1. The van der Waals surface area contributed by atoms with Crippen LogP contribution in [-0.2, 0) is 0 Å². The highest BCUT2D eigenvalue weighted by Crippen LogP contribution is 2.29. The van der Waals surface area contributed by atoms with Gasteiger partial charge < -0.3 is 15.7 Å². The molecule has 0 bridgehead atoms. The first-order chi connectivity index (χ1) is 14.2. The highest BCUT2D eigenvalue weighted by Gasteiger charge is 2.09. The number of amides is 1. The summed E-state index contributed by atoms with van der Waals surface area (Å²) in [6, 6.07) is 22.5. The van der Waals surface area contributed by atoms with Crippen LogP contribution in [0, 0.1) is 0 Å². The molecule has 0 fully saturated rings. The Bertz CT molecular complexity index is 1140. The second-order valence-corrected chi connectivity index (χ2v) is 7.47. The fourth-order valence-electron chi connectivity index (χ4n) is 3.16. The molecule has 1 amide bonds. The average Bonchev–Trinajstić information content (AvgIpc) is 3.17. The summed E-state index contributed by atoms with van der Waals surface area (Å²) in [6.07, 6.45) is 0.788. The molecule has 3 aromatic carbocycles. The summed E-state index contributed by atoms with van der Waals surface area (Å²) in [7, 11) is 0. The molecule has 0 aliphatic carbocycles. The summed E-state index contributed by atoms with van der Waals surface area (Å²) in [5.74, 6) is 0.972. The first-order valence-corrected chi connectivity index (χ1v) is 10.2. The second-order valence-electron chi connectivity index (χ2n) is 6.66. The molecule has 1 heterocycles. The molecule has 6 heteroatoms. The molecule has 0 spiro atoms. The zero-order valence-electron chi connectivity index (χ0n) is 15.8. The third-order valence-corrected chi connectivity index (χ3v) is 5.48. The van der Waals surface area contributed by atoms with Crippen molar-refractivity contribution >= 4 is 33.3 Å². The predicted molar refractivity (Wildman–Crippen MR) is 119 cm³/mol. The molecule has 0 aliphatic heterocycles. The number of nitrogens with one attached hydrogen (secondary N) is 2. The van der Waals surface area contributed by atoms with E-state index >= 15 is 0 Å². The van der Waals surface area contributed by atoms with Gasteiger partial charge in [-0.1, -0.05) is 42.5 Å². The molecule has 0 saturated carbocycles. The van der Waals surface area contributed by atoms with E-state index in [2.05, 4.69) is 27.1 Å². The van der Waals surface area contributed by atoms with Crippen molar-refractivity contribution in [2.24, 2.45) is 0 Å². The Labute approximate surface area is 173 Å². The minimum Gasteiger partial charge on any atom is -0.507 e. The number of phenolic OH excluding ortho intramolecular Hbond substituents is 1.